The van der Waals surface area contributed by atoms with Gasteiger partial charge in [0, 0.05) is 0 Å². The van der Waals surface area contributed by atoms with Crippen molar-refractivity contribution in [2.24, 2.45) is 0 Å². The zero-order valence-electron chi connectivity index (χ0n) is 23.6. The van der Waals surface area contributed by atoms with Crippen LogP contribution in [-0.2, 0) is 56.0 Å². The Kier molecular flexibility index (Phi) is 8.79. The molecular formula is C22H39B5O12. The van der Waals surface area contributed by atoms with E-state index in [-0.39, 0.29) is 51.9 Å². The molecule has 0 bridgehead atoms. The molecule has 0 N–H and O–H groups in total. The number of fused-ring (bicyclic) bond motifs is 6. The van der Waals surface area contributed by atoms with Crippen LogP contribution in [0.15, 0.2) is 0 Å². The van der Waals surface area contributed by atoms with Crippen molar-refractivity contribution in [2.45, 2.75) is 114 Å². The molecule has 17 heteroatoms. The van der Waals surface area contributed by atoms with Crippen LogP contribution in [0.3, 0.4) is 0 Å². The Morgan fingerprint density at radius 2 is 1.05 bits per heavy atom. The molecule has 6 aliphatic heterocycles. The minimum Gasteiger partial charge on any atom is -0.405 e. The van der Waals surface area contributed by atoms with Crippen LogP contribution in [0.25, 0.3) is 0 Å². The Balaban J connectivity index is 1.11. The number of ether oxygens (including phenoxy) is 2. The summed E-state index contributed by atoms with van der Waals surface area (Å²) in [5, 5.41) is 0. The van der Waals surface area contributed by atoms with Gasteiger partial charge in [-0.2, -0.15) is 0 Å². The third-order valence-corrected chi connectivity index (χ3v) is 8.32. The molecular weight excluding hydrogens is 510 g/mol. The first kappa shape index (κ1) is 28.9. The van der Waals surface area contributed by atoms with E-state index in [9.17, 15) is 0 Å². The van der Waals surface area contributed by atoms with E-state index in [0.29, 0.717) is 32.2 Å². The van der Waals surface area contributed by atoms with Gasteiger partial charge in [0.2, 0.25) is 11.6 Å². The van der Waals surface area contributed by atoms with E-state index in [2.05, 4.69) is 0 Å². The van der Waals surface area contributed by atoms with Crippen LogP contribution >= 0.6 is 0 Å². The summed E-state index contributed by atoms with van der Waals surface area (Å²) in [4.78, 5) is 0. The second-order valence-electron chi connectivity index (χ2n) is 11.0. The van der Waals surface area contributed by atoms with E-state index < -0.39 is 45.1 Å². The van der Waals surface area contributed by atoms with Crippen molar-refractivity contribution in [3.63, 3.8) is 0 Å². The van der Waals surface area contributed by atoms with Gasteiger partial charge in [-0.25, -0.2) is 0 Å². The van der Waals surface area contributed by atoms with Crippen molar-refractivity contribution < 1.29 is 56.0 Å². The monoisotopic (exact) mass is 550 g/mol. The Bertz CT molecular complexity index is 787. The second-order valence-corrected chi connectivity index (χ2v) is 11.0. The van der Waals surface area contributed by atoms with Crippen LogP contribution in [-0.4, -0.2) is 110 Å². The van der Waals surface area contributed by atoms with Crippen molar-refractivity contribution >= 4 is 35.6 Å². The molecule has 6 fully saturated rings. The molecule has 0 unspecified atom stereocenters. The molecule has 6 rings (SSSR count). The fraction of sp³-hybridized carbons (Fsp3) is 1.00. The summed E-state index contributed by atoms with van der Waals surface area (Å²) in [5.74, 6) is -2.21. The molecule has 214 valence electrons. The molecule has 6 aliphatic rings. The van der Waals surface area contributed by atoms with Crippen molar-refractivity contribution in [1.29, 1.82) is 0 Å². The highest BCUT2D eigenvalue weighted by molar-refractivity contribution is 6.47. The largest absolute Gasteiger partial charge is 0.459 e. The summed E-state index contributed by atoms with van der Waals surface area (Å²) in [6.45, 7) is 11.0. The lowest BCUT2D eigenvalue weighted by Gasteiger charge is -2.43. The van der Waals surface area contributed by atoms with Crippen LogP contribution in [0.5, 0.6) is 0 Å². The van der Waals surface area contributed by atoms with Crippen molar-refractivity contribution in [3.05, 3.63) is 0 Å². The summed E-state index contributed by atoms with van der Waals surface area (Å²) < 4.78 is 74.4. The average Bonchev–Trinajstić information content (AvgIpc) is 3.73. The first-order valence-corrected chi connectivity index (χ1v) is 14.8. The van der Waals surface area contributed by atoms with Gasteiger partial charge in [-0.3, -0.25) is 0 Å². The topological polar surface area (TPSA) is 111 Å². The lowest BCUT2D eigenvalue weighted by molar-refractivity contribution is -0.274. The third kappa shape index (κ3) is 5.29. The van der Waals surface area contributed by atoms with Crippen LogP contribution < -0.4 is 0 Å². The van der Waals surface area contributed by atoms with Crippen molar-refractivity contribution in [1.82, 2.24) is 0 Å². The molecule has 0 aliphatic carbocycles. The van der Waals surface area contributed by atoms with E-state index in [1.165, 1.54) is 0 Å². The quantitative estimate of drug-likeness (QED) is 0.348. The SMILES string of the molecule is CCB(OC[C@@]12OC[C@H]3OB(CC)O[C@H]3[C@@H]1OB(CC)O2)OC[C@@]12OC[C@H]3OB(CC)O[C@H]3[C@@H]1OB(CC)O2. The fourth-order valence-corrected chi connectivity index (χ4v) is 6.20. The summed E-state index contributed by atoms with van der Waals surface area (Å²) in [6, 6.07) is 0. The Morgan fingerprint density at radius 3 is 1.44 bits per heavy atom. The normalized spacial score (nSPS) is 41.2. The molecule has 0 amide bonds. The summed E-state index contributed by atoms with van der Waals surface area (Å²) >= 11 is 0. The van der Waals surface area contributed by atoms with Gasteiger partial charge < -0.3 is 56.0 Å². The average molecular weight is 550 g/mol. The molecule has 0 saturated carbocycles. The van der Waals surface area contributed by atoms with Gasteiger partial charge >= 0.3 is 35.6 Å². The molecule has 0 spiro atoms. The van der Waals surface area contributed by atoms with Gasteiger partial charge in [-0.1, -0.05) is 34.6 Å². The van der Waals surface area contributed by atoms with Crippen molar-refractivity contribution in [2.75, 3.05) is 26.4 Å². The molecule has 0 radical (unpaired) electrons. The Labute approximate surface area is 232 Å². The summed E-state index contributed by atoms with van der Waals surface area (Å²) in [7, 11) is -1.95. The van der Waals surface area contributed by atoms with E-state index in [4.69, 9.17) is 56.0 Å². The second kappa shape index (κ2) is 11.8. The minimum atomic E-state index is -1.11. The van der Waals surface area contributed by atoms with Gasteiger partial charge in [0.15, 0.2) is 0 Å². The van der Waals surface area contributed by atoms with Gasteiger partial charge in [0.1, 0.15) is 12.2 Å². The van der Waals surface area contributed by atoms with E-state index in [1.807, 2.05) is 34.6 Å². The molecule has 0 aromatic heterocycles. The number of hydrogen-bond donors (Lipinski definition) is 0. The molecule has 39 heavy (non-hydrogen) atoms. The van der Waals surface area contributed by atoms with Gasteiger partial charge in [-0.05, 0) is 31.6 Å². The van der Waals surface area contributed by atoms with Gasteiger partial charge in [0.25, 0.3) is 0 Å². The summed E-state index contributed by atoms with van der Waals surface area (Å²) in [6.07, 6.45) is 1.52. The van der Waals surface area contributed by atoms with Gasteiger partial charge in [0.05, 0.1) is 50.8 Å². The zero-order chi connectivity index (χ0) is 27.2. The van der Waals surface area contributed by atoms with Crippen LogP contribution in [0.4, 0.5) is 0 Å². The highest BCUT2D eigenvalue weighted by Gasteiger charge is 2.65. The minimum absolute atomic E-state index is 0.113. The highest BCUT2D eigenvalue weighted by Crippen LogP contribution is 2.44. The first-order valence-electron chi connectivity index (χ1n) is 14.8. The molecule has 8 atom stereocenters. The van der Waals surface area contributed by atoms with Crippen molar-refractivity contribution in [3.8, 4) is 0 Å². The molecule has 12 nitrogen and oxygen atoms in total. The smallest absolute Gasteiger partial charge is 0.405 e. The number of rotatable bonds is 11. The summed E-state index contributed by atoms with van der Waals surface area (Å²) in [5.41, 5.74) is 0. The first-order chi connectivity index (χ1) is 19.0. The zero-order valence-corrected chi connectivity index (χ0v) is 23.6. The fourth-order valence-electron chi connectivity index (χ4n) is 6.20. The molecule has 0 aromatic rings. The Morgan fingerprint density at radius 1 is 0.615 bits per heavy atom. The van der Waals surface area contributed by atoms with E-state index in [1.54, 1.807) is 0 Å². The number of hydrogen-bond acceptors (Lipinski definition) is 12. The molecule has 6 saturated heterocycles. The van der Waals surface area contributed by atoms with Crippen LogP contribution in [0.2, 0.25) is 31.6 Å². The maximum Gasteiger partial charge on any atom is 0.459 e. The third-order valence-electron chi connectivity index (χ3n) is 8.32. The predicted octanol–water partition coefficient (Wildman–Crippen LogP) is 1.41. The predicted molar refractivity (Wildman–Crippen MR) is 142 cm³/mol. The van der Waals surface area contributed by atoms with Crippen LogP contribution in [0.1, 0.15) is 34.6 Å². The standard InChI is InChI=1S/C22H39B5O12/c1-6-23(30-13-21-19(36-26(9-4)38-21)17-15(11-28-21)32-24(7-2)34-17)31-14-22-20(37-27(10-5)39-22)18-16(12-29-22)33-25(8-3)35-18/h15-20H,6-14H2,1-5H3/t15-,16-,17-,18-,19+,20+,21+,22+/m1/s1. The highest BCUT2D eigenvalue weighted by atomic mass is 16.8. The molecule has 6 heterocycles. The van der Waals surface area contributed by atoms with E-state index >= 15 is 0 Å². The van der Waals surface area contributed by atoms with Gasteiger partial charge in [-0.15, -0.1) is 0 Å². The maximum absolute atomic E-state index is 6.28. The Hall–Kier alpha value is -0.155. The van der Waals surface area contributed by atoms with E-state index in [0.717, 1.165) is 12.6 Å². The van der Waals surface area contributed by atoms with Crippen LogP contribution in [0, 0.1) is 0 Å². The lowest BCUT2D eigenvalue weighted by atomic mass is 9.84. The lowest BCUT2D eigenvalue weighted by Crippen LogP contribution is -2.62. The molecule has 0 aromatic carbocycles. The maximum atomic E-state index is 6.28.